The molecule has 2 aromatic heterocycles. The SMILES string of the molecule is CCC(Nc1nc(N)nc(C)c1/C=C/C(=O)NC)c1nc2cccc(C)c2c(=O)n1-c1ccccc1. The third-order valence-corrected chi connectivity index (χ3v) is 5.98. The first-order chi connectivity index (χ1) is 17.3. The lowest BCUT2D eigenvalue weighted by molar-refractivity contribution is -0.115. The number of rotatable bonds is 7. The molecule has 2 heterocycles. The van der Waals surface area contributed by atoms with Crippen LogP contribution >= 0.6 is 0 Å². The van der Waals surface area contributed by atoms with Crippen LogP contribution in [0.1, 0.15) is 42.0 Å². The number of anilines is 2. The van der Waals surface area contributed by atoms with E-state index in [1.54, 1.807) is 24.6 Å². The molecular formula is C27H29N7O2. The van der Waals surface area contributed by atoms with E-state index in [0.717, 1.165) is 5.56 Å². The van der Waals surface area contributed by atoms with Gasteiger partial charge in [-0.15, -0.1) is 0 Å². The van der Waals surface area contributed by atoms with Crippen LogP contribution in [-0.2, 0) is 4.79 Å². The summed E-state index contributed by atoms with van der Waals surface area (Å²) >= 11 is 0. The van der Waals surface area contributed by atoms with Crippen molar-refractivity contribution in [1.82, 2.24) is 24.8 Å². The van der Waals surface area contributed by atoms with E-state index in [-0.39, 0.29) is 17.4 Å². The molecule has 0 aliphatic carbocycles. The Bertz CT molecular complexity index is 1510. The van der Waals surface area contributed by atoms with Crippen molar-refractivity contribution < 1.29 is 4.79 Å². The summed E-state index contributed by atoms with van der Waals surface area (Å²) in [5.74, 6) is 0.839. The van der Waals surface area contributed by atoms with Crippen molar-refractivity contribution >= 4 is 34.7 Å². The van der Waals surface area contributed by atoms with E-state index in [1.165, 1.54) is 6.08 Å². The molecule has 9 heteroatoms. The predicted molar refractivity (Wildman–Crippen MR) is 143 cm³/mol. The number of fused-ring (bicyclic) bond motifs is 1. The smallest absolute Gasteiger partial charge is 0.266 e. The van der Waals surface area contributed by atoms with Gasteiger partial charge in [0.1, 0.15) is 11.6 Å². The molecule has 1 atom stereocenters. The summed E-state index contributed by atoms with van der Waals surface area (Å²) in [7, 11) is 1.56. The molecule has 2 aromatic carbocycles. The number of carbonyl (C=O) groups is 1. The van der Waals surface area contributed by atoms with Crippen molar-refractivity contribution in [2.24, 2.45) is 0 Å². The Labute approximate surface area is 209 Å². The first kappa shape index (κ1) is 24.6. The van der Waals surface area contributed by atoms with Gasteiger partial charge < -0.3 is 16.4 Å². The highest BCUT2D eigenvalue weighted by Gasteiger charge is 2.22. The number of nitrogens with one attached hydrogen (secondary N) is 2. The largest absolute Gasteiger partial charge is 0.368 e. The van der Waals surface area contributed by atoms with E-state index in [4.69, 9.17) is 10.7 Å². The van der Waals surface area contributed by atoms with Gasteiger partial charge in [-0.25, -0.2) is 9.97 Å². The normalized spacial score (nSPS) is 12.1. The molecule has 0 fully saturated rings. The molecule has 0 aliphatic rings. The Kier molecular flexibility index (Phi) is 7.10. The Morgan fingerprint density at radius 2 is 1.83 bits per heavy atom. The van der Waals surface area contributed by atoms with E-state index >= 15 is 0 Å². The number of nitrogen functional groups attached to an aromatic ring is 1. The van der Waals surface area contributed by atoms with Crippen LogP contribution < -0.4 is 21.9 Å². The molecule has 36 heavy (non-hydrogen) atoms. The van der Waals surface area contributed by atoms with Crippen LogP contribution in [-0.4, -0.2) is 32.5 Å². The number of carbonyl (C=O) groups excluding carboxylic acids is 1. The van der Waals surface area contributed by atoms with Crippen LogP contribution in [0, 0.1) is 13.8 Å². The molecule has 1 amide bonds. The van der Waals surface area contributed by atoms with Crippen LogP contribution in [0.5, 0.6) is 0 Å². The zero-order valence-electron chi connectivity index (χ0n) is 20.7. The zero-order chi connectivity index (χ0) is 25.8. The van der Waals surface area contributed by atoms with Crippen molar-refractivity contribution in [3.63, 3.8) is 0 Å². The predicted octanol–water partition coefficient (Wildman–Crippen LogP) is 3.70. The Hall–Kier alpha value is -4.53. The van der Waals surface area contributed by atoms with Crippen LogP contribution in [0.15, 0.2) is 59.4 Å². The van der Waals surface area contributed by atoms with Gasteiger partial charge in [0.15, 0.2) is 0 Å². The van der Waals surface area contributed by atoms with Crippen LogP contribution in [0.25, 0.3) is 22.7 Å². The third kappa shape index (κ3) is 4.81. The van der Waals surface area contributed by atoms with E-state index in [1.807, 2.05) is 62.4 Å². The lowest BCUT2D eigenvalue weighted by atomic mass is 10.1. The number of benzene rings is 2. The molecule has 0 bridgehead atoms. The highest BCUT2D eigenvalue weighted by molar-refractivity contribution is 5.92. The molecule has 9 nitrogen and oxygen atoms in total. The second-order valence-corrected chi connectivity index (χ2v) is 8.40. The Balaban J connectivity index is 1.92. The van der Waals surface area contributed by atoms with Gasteiger partial charge in [-0.3, -0.25) is 14.2 Å². The summed E-state index contributed by atoms with van der Waals surface area (Å²) in [4.78, 5) is 39.3. The van der Waals surface area contributed by atoms with Crippen molar-refractivity contribution in [3.8, 4) is 5.69 Å². The molecule has 0 saturated heterocycles. The van der Waals surface area contributed by atoms with E-state index in [9.17, 15) is 9.59 Å². The van der Waals surface area contributed by atoms with Gasteiger partial charge in [0.25, 0.3) is 5.56 Å². The number of hydrogen-bond donors (Lipinski definition) is 3. The molecule has 184 valence electrons. The number of para-hydroxylation sites is 1. The summed E-state index contributed by atoms with van der Waals surface area (Å²) < 4.78 is 1.65. The number of likely N-dealkylation sites (N-methyl/N-ethyl adjacent to an activating group) is 1. The standard InChI is InChI=1S/C27H29N7O2/c1-5-20(31-24-19(14-15-22(35)29-4)17(3)30-27(28)33-24)25-32-21-13-9-10-16(2)23(21)26(36)34(25)18-11-7-6-8-12-18/h6-15,20H,5H2,1-4H3,(H,29,35)(H3,28,30,31,33)/b15-14+. The molecule has 4 N–H and O–H groups in total. The summed E-state index contributed by atoms with van der Waals surface area (Å²) in [6, 6.07) is 14.7. The van der Waals surface area contributed by atoms with Crippen molar-refractivity contribution in [2.75, 3.05) is 18.1 Å². The number of amides is 1. The Morgan fingerprint density at radius 1 is 1.08 bits per heavy atom. The van der Waals surface area contributed by atoms with Crippen molar-refractivity contribution in [3.05, 3.63) is 87.6 Å². The lowest BCUT2D eigenvalue weighted by Crippen LogP contribution is -2.29. The van der Waals surface area contributed by atoms with Crippen molar-refractivity contribution in [2.45, 2.75) is 33.2 Å². The Morgan fingerprint density at radius 3 is 2.53 bits per heavy atom. The molecule has 4 aromatic rings. The maximum absolute atomic E-state index is 13.8. The number of hydrogen-bond acceptors (Lipinski definition) is 7. The van der Waals surface area contributed by atoms with Gasteiger partial charge in [0, 0.05) is 18.7 Å². The summed E-state index contributed by atoms with van der Waals surface area (Å²) in [5, 5.41) is 6.55. The van der Waals surface area contributed by atoms with Crippen LogP contribution in [0.4, 0.5) is 11.8 Å². The first-order valence-electron chi connectivity index (χ1n) is 11.7. The molecule has 1 unspecified atom stereocenters. The van der Waals surface area contributed by atoms with Crippen LogP contribution in [0.3, 0.4) is 0 Å². The topological polar surface area (TPSA) is 128 Å². The van der Waals surface area contributed by atoms with E-state index in [2.05, 4.69) is 20.6 Å². The molecule has 0 spiro atoms. The quantitative estimate of drug-likeness (QED) is 0.342. The molecular weight excluding hydrogens is 454 g/mol. The van der Waals surface area contributed by atoms with Gasteiger partial charge in [0.2, 0.25) is 11.9 Å². The maximum atomic E-state index is 13.8. The average molecular weight is 484 g/mol. The van der Waals surface area contributed by atoms with E-state index in [0.29, 0.717) is 45.9 Å². The fourth-order valence-corrected chi connectivity index (χ4v) is 4.14. The number of aryl methyl sites for hydroxylation is 2. The molecule has 0 saturated carbocycles. The second kappa shape index (κ2) is 10.4. The monoisotopic (exact) mass is 483 g/mol. The molecule has 0 aliphatic heterocycles. The number of aromatic nitrogens is 4. The zero-order valence-corrected chi connectivity index (χ0v) is 20.7. The van der Waals surface area contributed by atoms with Gasteiger partial charge in [-0.2, -0.15) is 4.98 Å². The first-order valence-corrected chi connectivity index (χ1v) is 11.7. The minimum absolute atomic E-state index is 0.101. The second-order valence-electron chi connectivity index (χ2n) is 8.40. The third-order valence-electron chi connectivity index (χ3n) is 5.98. The number of nitrogens with two attached hydrogens (primary N) is 1. The minimum atomic E-state index is -0.399. The molecule has 4 rings (SSSR count). The highest BCUT2D eigenvalue weighted by atomic mass is 16.1. The fourth-order valence-electron chi connectivity index (χ4n) is 4.14. The minimum Gasteiger partial charge on any atom is -0.368 e. The molecule has 0 radical (unpaired) electrons. The maximum Gasteiger partial charge on any atom is 0.266 e. The lowest BCUT2D eigenvalue weighted by Gasteiger charge is -2.23. The summed E-state index contributed by atoms with van der Waals surface area (Å²) in [6.07, 6.45) is 3.65. The summed E-state index contributed by atoms with van der Waals surface area (Å²) in [6.45, 7) is 5.70. The van der Waals surface area contributed by atoms with Gasteiger partial charge in [0.05, 0.1) is 28.3 Å². The van der Waals surface area contributed by atoms with Gasteiger partial charge in [-0.05, 0) is 50.1 Å². The average Bonchev–Trinajstić information content (AvgIpc) is 2.86. The number of nitrogens with zero attached hydrogens (tertiary/aromatic N) is 4. The van der Waals surface area contributed by atoms with Gasteiger partial charge in [-0.1, -0.05) is 37.3 Å². The van der Waals surface area contributed by atoms with Crippen LogP contribution in [0.2, 0.25) is 0 Å². The highest BCUT2D eigenvalue weighted by Crippen LogP contribution is 2.28. The van der Waals surface area contributed by atoms with E-state index < -0.39 is 6.04 Å². The fraction of sp³-hybridized carbons (Fsp3) is 0.222. The van der Waals surface area contributed by atoms with Gasteiger partial charge >= 0.3 is 0 Å². The van der Waals surface area contributed by atoms with Crippen molar-refractivity contribution in [1.29, 1.82) is 0 Å². The summed E-state index contributed by atoms with van der Waals surface area (Å²) in [5.41, 5.74) is 9.27.